The van der Waals surface area contributed by atoms with Crippen molar-refractivity contribution in [3.8, 4) is 0 Å². The zero-order valence-corrected chi connectivity index (χ0v) is 8.31. The quantitative estimate of drug-likeness (QED) is 0.316. The molecule has 1 atom stereocenters. The highest BCUT2D eigenvalue weighted by atomic mass is 35.5. The summed E-state index contributed by atoms with van der Waals surface area (Å²) in [4.78, 5) is 17.9. The highest BCUT2D eigenvalue weighted by Gasteiger charge is 2.06. The molecule has 0 aromatic heterocycles. The molecule has 0 saturated heterocycles. The van der Waals surface area contributed by atoms with Gasteiger partial charge in [0.05, 0.1) is 0 Å². The molecule has 76 valence electrons. The van der Waals surface area contributed by atoms with Crippen LogP contribution >= 0.6 is 37.4 Å². The largest absolute Gasteiger partial charge is 0.480 e. The molecule has 0 aromatic rings. The van der Waals surface area contributed by atoms with Gasteiger partial charge in [-0.15, -0.1) is 29.7 Å². The van der Waals surface area contributed by atoms with Crippen molar-refractivity contribution in [1.29, 1.82) is 0 Å². The SMILES string of the molecule is Cl.Cl.N[C@@H](CS)C(=O)O.O=NO. The van der Waals surface area contributed by atoms with Crippen LogP contribution in [0.2, 0.25) is 0 Å². The Kier molecular flexibility index (Phi) is 32.1. The first kappa shape index (κ1) is 22.6. The number of carboxylic acids is 1. The molecule has 0 aromatic carbocycles. The Bertz CT molecular complexity index is 116. The second-order valence-corrected chi connectivity index (χ2v) is 1.57. The molecule has 12 heavy (non-hydrogen) atoms. The molecule has 0 aliphatic rings. The first-order chi connectivity index (χ1) is 4.59. The molecule has 4 N–H and O–H groups in total. The summed E-state index contributed by atoms with van der Waals surface area (Å²) >= 11 is 3.65. The summed E-state index contributed by atoms with van der Waals surface area (Å²) in [6, 6.07) is -0.816. The molecule has 0 fully saturated rings. The van der Waals surface area contributed by atoms with E-state index in [0.29, 0.717) is 0 Å². The number of thiol groups is 1. The minimum absolute atomic E-state index is 0. The van der Waals surface area contributed by atoms with Crippen LogP contribution in [0, 0.1) is 4.91 Å². The molecule has 0 unspecified atom stereocenters. The molecule has 0 heterocycles. The number of carbonyl (C=O) groups is 1. The van der Waals surface area contributed by atoms with E-state index in [4.69, 9.17) is 21.0 Å². The van der Waals surface area contributed by atoms with Gasteiger partial charge in [-0.05, 0) is 0 Å². The van der Waals surface area contributed by atoms with E-state index < -0.39 is 12.0 Å². The van der Waals surface area contributed by atoms with Crippen LogP contribution in [-0.2, 0) is 4.79 Å². The van der Waals surface area contributed by atoms with E-state index in [-0.39, 0.29) is 30.6 Å². The molecule has 9 heteroatoms. The lowest BCUT2D eigenvalue weighted by Gasteiger charge is -1.96. The van der Waals surface area contributed by atoms with Gasteiger partial charge in [-0.2, -0.15) is 12.6 Å². The van der Waals surface area contributed by atoms with Crippen LogP contribution in [0.1, 0.15) is 0 Å². The van der Waals surface area contributed by atoms with Gasteiger partial charge in [-0.25, -0.2) is 0 Å². The van der Waals surface area contributed by atoms with Crippen LogP contribution in [0.4, 0.5) is 0 Å². The molecule has 0 amide bonds. The number of hydrogen-bond donors (Lipinski definition) is 4. The van der Waals surface area contributed by atoms with Gasteiger partial charge in [0.2, 0.25) is 0 Å². The van der Waals surface area contributed by atoms with Crippen LogP contribution in [0.3, 0.4) is 0 Å². The van der Waals surface area contributed by atoms with Crippen molar-refractivity contribution in [1.82, 2.24) is 0 Å². The van der Waals surface area contributed by atoms with Crippen molar-refractivity contribution in [3.05, 3.63) is 4.91 Å². The Morgan fingerprint density at radius 1 is 1.58 bits per heavy atom. The van der Waals surface area contributed by atoms with Crippen molar-refractivity contribution in [2.24, 2.45) is 11.1 Å². The molecule has 0 bridgehead atoms. The van der Waals surface area contributed by atoms with E-state index in [1.807, 2.05) is 0 Å². The van der Waals surface area contributed by atoms with Gasteiger partial charge in [0.1, 0.15) is 6.04 Å². The van der Waals surface area contributed by atoms with E-state index in [1.54, 1.807) is 0 Å². The van der Waals surface area contributed by atoms with E-state index in [9.17, 15) is 4.79 Å². The number of rotatable bonds is 2. The lowest BCUT2D eigenvalue weighted by Crippen LogP contribution is -2.31. The van der Waals surface area contributed by atoms with Crippen LogP contribution in [0.15, 0.2) is 5.34 Å². The fourth-order valence-electron chi connectivity index (χ4n) is 0.0781. The highest BCUT2D eigenvalue weighted by molar-refractivity contribution is 7.80. The Labute approximate surface area is 86.7 Å². The van der Waals surface area contributed by atoms with E-state index in [2.05, 4.69) is 12.6 Å². The minimum Gasteiger partial charge on any atom is -0.480 e. The van der Waals surface area contributed by atoms with Gasteiger partial charge >= 0.3 is 5.97 Å². The normalized spacial score (nSPS) is 8.83. The second-order valence-electron chi connectivity index (χ2n) is 1.21. The number of hydrogen-bond acceptors (Lipinski definition) is 5. The number of nitrogens with two attached hydrogens (primary N) is 1. The average Bonchev–Trinajstić information content (AvgIpc) is 1.88. The highest BCUT2D eigenvalue weighted by Crippen LogP contribution is 1.80. The summed E-state index contributed by atoms with van der Waals surface area (Å²) < 4.78 is 0. The fraction of sp³-hybridized carbons (Fsp3) is 0.667. The van der Waals surface area contributed by atoms with Crippen LogP contribution in [0.25, 0.3) is 0 Å². The maximum Gasteiger partial charge on any atom is 0.321 e. The Morgan fingerprint density at radius 3 is 1.83 bits per heavy atom. The van der Waals surface area contributed by atoms with Crippen molar-refractivity contribution in [3.63, 3.8) is 0 Å². The van der Waals surface area contributed by atoms with Gasteiger partial charge in [-0.3, -0.25) is 4.79 Å². The molecule has 0 aliphatic heterocycles. The predicted octanol–water partition coefficient (Wildman–Crippen LogP) is 0.314. The molecule has 6 nitrogen and oxygen atoms in total. The lowest BCUT2D eigenvalue weighted by atomic mass is 10.4. The first-order valence-corrected chi connectivity index (χ1v) is 2.79. The van der Waals surface area contributed by atoms with Crippen molar-refractivity contribution in [2.45, 2.75) is 6.04 Å². The standard InChI is InChI=1S/C3H7NO2S.2ClH.HNO2/c4-2(1-7)3(5)6;;;2-1-3/h2,7H,1,4H2,(H,5,6);2*1H;(H,2,3)/t2-;;;/m0.../s1. The minimum atomic E-state index is -1.00. The first-order valence-electron chi connectivity index (χ1n) is 2.16. The maximum atomic E-state index is 9.76. The van der Waals surface area contributed by atoms with Crippen LogP contribution < -0.4 is 5.73 Å². The molecule has 0 aliphatic carbocycles. The van der Waals surface area contributed by atoms with Crippen LogP contribution in [0.5, 0.6) is 0 Å². The predicted molar refractivity (Wildman–Crippen MR) is 51.5 cm³/mol. The van der Waals surface area contributed by atoms with Gasteiger partial charge in [-0.1, -0.05) is 0 Å². The number of nitrogens with zero attached hydrogens (tertiary/aromatic N) is 1. The number of carboxylic acid groups (broad SMARTS) is 1. The monoisotopic (exact) mass is 240 g/mol. The zero-order valence-electron chi connectivity index (χ0n) is 5.78. The Hall–Kier alpha value is -0.240. The van der Waals surface area contributed by atoms with Crippen molar-refractivity contribution in [2.75, 3.05) is 5.75 Å². The van der Waals surface area contributed by atoms with E-state index in [1.165, 1.54) is 5.34 Å². The Morgan fingerprint density at radius 2 is 1.83 bits per heavy atom. The Balaban J connectivity index is -0.0000000569. The second kappa shape index (κ2) is 17.0. The summed E-state index contributed by atoms with van der Waals surface area (Å²) in [6.45, 7) is 0. The van der Waals surface area contributed by atoms with Gasteiger partial charge in [0.25, 0.3) is 0 Å². The third-order valence-corrected chi connectivity index (χ3v) is 0.907. The lowest BCUT2D eigenvalue weighted by molar-refractivity contribution is -0.137. The summed E-state index contributed by atoms with van der Waals surface area (Å²) in [5.74, 6) is -0.815. The molecule has 0 rings (SSSR count). The third kappa shape index (κ3) is 22.6. The maximum absolute atomic E-state index is 9.76. The van der Waals surface area contributed by atoms with E-state index in [0.717, 1.165) is 0 Å². The molecule has 0 spiro atoms. The topological polar surface area (TPSA) is 113 Å². The molecule has 0 radical (unpaired) electrons. The van der Waals surface area contributed by atoms with Crippen LogP contribution in [-0.4, -0.2) is 28.1 Å². The molecular weight excluding hydrogens is 231 g/mol. The smallest absolute Gasteiger partial charge is 0.321 e. The average molecular weight is 241 g/mol. The third-order valence-electron chi connectivity index (χ3n) is 0.514. The summed E-state index contributed by atoms with van der Waals surface area (Å²) in [5.41, 5.74) is 4.94. The van der Waals surface area contributed by atoms with Gasteiger partial charge in [0, 0.05) is 5.75 Å². The zero-order chi connectivity index (χ0) is 8.57. The van der Waals surface area contributed by atoms with Crippen molar-refractivity contribution < 1.29 is 15.1 Å². The number of aliphatic carboxylic acids is 1. The molecule has 0 saturated carbocycles. The molecular formula is C3H10Cl2N2O4S. The number of halogens is 2. The fourth-order valence-corrected chi connectivity index (χ4v) is 0.234. The van der Waals surface area contributed by atoms with Gasteiger partial charge < -0.3 is 16.0 Å². The van der Waals surface area contributed by atoms with E-state index >= 15 is 0 Å². The summed E-state index contributed by atoms with van der Waals surface area (Å²) in [5, 5.41) is 15.9. The van der Waals surface area contributed by atoms with Crippen molar-refractivity contribution >= 4 is 43.4 Å². The van der Waals surface area contributed by atoms with Gasteiger partial charge in [0.15, 0.2) is 5.34 Å². The summed E-state index contributed by atoms with van der Waals surface area (Å²) in [7, 11) is 0. The summed E-state index contributed by atoms with van der Waals surface area (Å²) in [6.07, 6.45) is 0.